The van der Waals surface area contributed by atoms with Crippen molar-refractivity contribution < 1.29 is 87.4 Å². The zero-order chi connectivity index (χ0) is 7.71. The van der Waals surface area contributed by atoms with Gasteiger partial charge in [-0.15, -0.1) is 0 Å². The molecule has 0 aliphatic carbocycles. The number of hydrogen-bond donors (Lipinski definition) is 4. The van der Waals surface area contributed by atoms with E-state index >= 15 is 0 Å². The third-order valence-electron chi connectivity index (χ3n) is 0.213. The predicted octanol–water partition coefficient (Wildman–Crippen LogP) is -3.70. The van der Waals surface area contributed by atoms with Gasteiger partial charge in [-0.3, -0.25) is 0 Å². The Morgan fingerprint density at radius 1 is 1.00 bits per heavy atom. The summed E-state index contributed by atoms with van der Waals surface area (Å²) in [5.74, 6) is 0. The maximum absolute atomic E-state index is 9.63. The van der Waals surface area contributed by atoms with E-state index in [1.165, 1.54) is 0 Å². The largest absolute Gasteiger partial charge is 1.00 e. The first-order valence-corrected chi connectivity index (χ1v) is 4.59. The molecule has 0 saturated carbocycles. The summed E-state index contributed by atoms with van der Waals surface area (Å²) in [6, 6.07) is 0. The maximum atomic E-state index is 9.63. The molecule has 0 aromatic carbocycles. The first-order valence-electron chi connectivity index (χ1n) is 1.53. The minimum absolute atomic E-state index is 0. The van der Waals surface area contributed by atoms with Crippen LogP contribution < -0.4 is 18.9 Å². The minimum atomic E-state index is -5.05. The fourth-order valence-electron chi connectivity index (χ4n) is 0.139. The van der Waals surface area contributed by atoms with Gasteiger partial charge >= 0.3 is 34.5 Å². The van der Waals surface area contributed by atoms with Crippen LogP contribution in [-0.2, 0) is 47.6 Å². The van der Waals surface area contributed by atoms with Crippen molar-refractivity contribution >= 4 is 15.6 Å². The molecule has 0 fully saturated rings. The Bertz CT molecular complexity index is 167. The average Bonchev–Trinajstić information content (AvgIpc) is 1.14. The summed E-state index contributed by atoms with van der Waals surface area (Å²) in [6.07, 6.45) is 0. The molecule has 0 unspecified atom stereocenters. The average molecular weight is 297 g/mol. The van der Waals surface area contributed by atoms with Crippen molar-refractivity contribution in [3.05, 3.63) is 0 Å². The van der Waals surface area contributed by atoms with Crippen LogP contribution in [0.4, 0.5) is 0 Å². The van der Waals surface area contributed by atoms with E-state index in [9.17, 15) is 9.13 Å². The van der Waals surface area contributed by atoms with Crippen molar-refractivity contribution in [1.29, 1.82) is 0 Å². The maximum Gasteiger partial charge on any atom is 1.00 e. The zero-order valence-electron chi connectivity index (χ0n) is 6.64. The quantitative estimate of drug-likeness (QED) is 0.305. The second-order valence-electron chi connectivity index (χ2n) is 1.06. The van der Waals surface area contributed by atoms with E-state index in [1.807, 2.05) is 0 Å². The van der Waals surface area contributed by atoms with E-state index in [4.69, 9.17) is 19.6 Å². The van der Waals surface area contributed by atoms with Crippen molar-refractivity contribution in [3.63, 3.8) is 0 Å². The molecule has 0 saturated heterocycles. The van der Waals surface area contributed by atoms with Crippen molar-refractivity contribution in [3.8, 4) is 0 Å². The smallest absolute Gasteiger partial charge is 1.00 e. The Labute approximate surface area is 103 Å². The molecule has 0 rings (SSSR count). The molecule has 0 aromatic rings. The number of rotatable bonds is 2. The van der Waals surface area contributed by atoms with Gasteiger partial charge in [0.1, 0.15) is 0 Å². The van der Waals surface area contributed by atoms with Crippen LogP contribution in [0.15, 0.2) is 0 Å². The molecule has 0 spiro atoms. The standard InChI is InChI=1S/Fe.Li.Mn.H4O7P2.H/c;;;1-8(2,3)7-9(4,5)6;/h;;;(H2,1,2,3)(H2,4,5,6);/q;+1;;;-1. The van der Waals surface area contributed by atoms with Crippen LogP contribution in [0, 0.1) is 0 Å². The summed E-state index contributed by atoms with van der Waals surface area (Å²) < 4.78 is 22.2. The van der Waals surface area contributed by atoms with E-state index in [1.54, 1.807) is 0 Å². The molecule has 0 aromatic heterocycles. The van der Waals surface area contributed by atoms with Crippen molar-refractivity contribution in [2.45, 2.75) is 0 Å². The van der Waals surface area contributed by atoms with Crippen LogP contribution >= 0.6 is 15.6 Å². The molecule has 0 aliphatic rings. The summed E-state index contributed by atoms with van der Waals surface area (Å²) in [4.78, 5) is 31.0. The molecule has 12 heteroatoms. The van der Waals surface area contributed by atoms with Crippen LogP contribution in [0.3, 0.4) is 0 Å². The molecule has 7 nitrogen and oxygen atoms in total. The van der Waals surface area contributed by atoms with Gasteiger partial charge in [-0.1, -0.05) is 0 Å². The van der Waals surface area contributed by atoms with Crippen LogP contribution in [0.5, 0.6) is 0 Å². The second-order valence-corrected chi connectivity index (χ2v) is 3.68. The Kier molecular flexibility index (Phi) is 16.2. The molecule has 12 heavy (non-hydrogen) atoms. The van der Waals surface area contributed by atoms with Gasteiger partial charge in [-0.05, 0) is 0 Å². The zero-order valence-corrected chi connectivity index (χ0v) is 9.71. The fourth-order valence-corrected chi connectivity index (χ4v) is 1.25. The topological polar surface area (TPSA) is 124 Å². The van der Waals surface area contributed by atoms with Gasteiger partial charge in [0.15, 0.2) is 0 Å². The molecule has 4 N–H and O–H groups in total. The van der Waals surface area contributed by atoms with Gasteiger partial charge in [-0.2, -0.15) is 4.31 Å². The van der Waals surface area contributed by atoms with Crippen LogP contribution in [0.25, 0.3) is 0 Å². The molecule has 1 radical (unpaired) electrons. The van der Waals surface area contributed by atoms with E-state index in [2.05, 4.69) is 4.31 Å². The summed E-state index contributed by atoms with van der Waals surface area (Å²) in [7, 11) is -10.1. The van der Waals surface area contributed by atoms with E-state index in [0.29, 0.717) is 0 Å². The first kappa shape index (κ1) is 23.6. The molecule has 0 aliphatic heterocycles. The monoisotopic (exact) mass is 297 g/mol. The van der Waals surface area contributed by atoms with Crippen molar-refractivity contribution in [2.24, 2.45) is 0 Å². The van der Waals surface area contributed by atoms with E-state index < -0.39 is 15.6 Å². The molecular formula is H5FeLiMnO7P2. The second kappa shape index (κ2) is 8.22. The van der Waals surface area contributed by atoms with Gasteiger partial charge < -0.3 is 21.0 Å². The number of phosphoric acid groups is 2. The third-order valence-corrected chi connectivity index (χ3v) is 1.91. The van der Waals surface area contributed by atoms with Gasteiger partial charge in [0, 0.05) is 34.1 Å². The number of hydrogen-bond acceptors (Lipinski definition) is 3. The summed E-state index contributed by atoms with van der Waals surface area (Å²) >= 11 is 0. The molecule has 73 valence electrons. The fraction of sp³-hybridized carbons (Fsp3) is 0. The van der Waals surface area contributed by atoms with Gasteiger partial charge in [0.25, 0.3) is 0 Å². The molecule has 0 atom stereocenters. The van der Waals surface area contributed by atoms with E-state index in [0.717, 1.165) is 0 Å². The summed E-state index contributed by atoms with van der Waals surface area (Å²) in [5, 5.41) is 0. The minimum Gasteiger partial charge on any atom is -1.00 e. The van der Waals surface area contributed by atoms with Gasteiger partial charge in [0.05, 0.1) is 0 Å². The Balaban J connectivity index is -0.0000000533. The van der Waals surface area contributed by atoms with Crippen molar-refractivity contribution in [2.75, 3.05) is 0 Å². The molecular weight excluding hydrogens is 292 g/mol. The van der Waals surface area contributed by atoms with Crippen LogP contribution in [0.1, 0.15) is 1.43 Å². The predicted molar refractivity (Wildman–Crippen MR) is 26.3 cm³/mol. The SMILES string of the molecule is O=P(O)(O)OP(=O)(O)O.[Fe].[H-].[Li+].[Mn]. The molecule has 0 bridgehead atoms. The van der Waals surface area contributed by atoms with Gasteiger partial charge in [0.2, 0.25) is 0 Å². The summed E-state index contributed by atoms with van der Waals surface area (Å²) in [6.45, 7) is 0. The van der Waals surface area contributed by atoms with Gasteiger partial charge in [-0.25, -0.2) is 9.13 Å². The first-order chi connectivity index (χ1) is 3.71. The Morgan fingerprint density at radius 2 is 1.17 bits per heavy atom. The molecule has 0 amide bonds. The normalized spacial score (nSPS) is 10.3. The third kappa shape index (κ3) is 22.7. The summed E-state index contributed by atoms with van der Waals surface area (Å²) in [5.41, 5.74) is 0. The Morgan fingerprint density at radius 3 is 1.17 bits per heavy atom. The van der Waals surface area contributed by atoms with E-state index in [-0.39, 0.29) is 54.4 Å². The molecule has 0 heterocycles. The Hall–Kier alpha value is 1.90. The van der Waals surface area contributed by atoms with Crippen LogP contribution in [-0.4, -0.2) is 19.6 Å². The van der Waals surface area contributed by atoms with Crippen LogP contribution in [0.2, 0.25) is 0 Å². The van der Waals surface area contributed by atoms with Crippen molar-refractivity contribution in [1.82, 2.24) is 0 Å².